The van der Waals surface area contributed by atoms with Crippen molar-refractivity contribution >= 4 is 6.09 Å². The first-order chi connectivity index (χ1) is 8.63. The van der Waals surface area contributed by atoms with Gasteiger partial charge in [-0.25, -0.2) is 9.18 Å². The van der Waals surface area contributed by atoms with Gasteiger partial charge in [0.1, 0.15) is 11.3 Å². The molecule has 4 heteroatoms. The molecule has 1 saturated heterocycles. The molecular formula is C15H26FNO2. The molecule has 0 aromatic rings. The molecule has 0 aliphatic carbocycles. The predicted molar refractivity (Wildman–Crippen MR) is 74.9 cm³/mol. The zero-order valence-corrected chi connectivity index (χ0v) is 12.5. The molecule has 2 atom stereocenters. The zero-order valence-electron chi connectivity index (χ0n) is 12.5. The molecule has 0 aromatic carbocycles. The molecule has 0 spiro atoms. The maximum Gasteiger partial charge on any atom is 0.410 e. The number of ether oxygens (including phenoxy) is 1. The third kappa shape index (κ3) is 5.62. The van der Waals surface area contributed by atoms with E-state index < -0.39 is 11.3 Å². The van der Waals surface area contributed by atoms with Crippen LogP contribution in [-0.2, 0) is 4.74 Å². The van der Waals surface area contributed by atoms with Crippen LogP contribution >= 0.6 is 0 Å². The molecule has 1 fully saturated rings. The summed E-state index contributed by atoms with van der Waals surface area (Å²) in [6.45, 7) is 12.0. The molecule has 0 N–H and O–H groups in total. The minimum absolute atomic E-state index is 0.211. The summed E-state index contributed by atoms with van der Waals surface area (Å²) < 4.78 is 19.5. The second-order valence-electron chi connectivity index (χ2n) is 6.69. The second kappa shape index (κ2) is 5.93. The monoisotopic (exact) mass is 271 g/mol. The zero-order chi connectivity index (χ0) is 14.7. The number of halogens is 1. The van der Waals surface area contributed by atoms with Crippen molar-refractivity contribution in [3.05, 3.63) is 12.7 Å². The number of alkyl halides is 1. The molecule has 1 aliphatic heterocycles. The van der Waals surface area contributed by atoms with Gasteiger partial charge in [0.05, 0.1) is 0 Å². The van der Waals surface area contributed by atoms with Crippen LogP contribution in [0.3, 0.4) is 0 Å². The number of likely N-dealkylation sites (tertiary alicyclic amines) is 1. The topological polar surface area (TPSA) is 29.5 Å². The van der Waals surface area contributed by atoms with Crippen LogP contribution < -0.4 is 0 Å². The third-order valence-corrected chi connectivity index (χ3v) is 3.22. The highest BCUT2D eigenvalue weighted by Gasteiger charge is 2.34. The van der Waals surface area contributed by atoms with Gasteiger partial charge in [-0.15, -0.1) is 6.58 Å². The van der Waals surface area contributed by atoms with E-state index >= 15 is 0 Å². The van der Waals surface area contributed by atoms with Gasteiger partial charge in [-0.05, 0) is 52.9 Å². The van der Waals surface area contributed by atoms with Crippen LogP contribution in [0.15, 0.2) is 12.7 Å². The Kier molecular flexibility index (Phi) is 4.99. The number of hydrogen-bond donors (Lipinski definition) is 0. The SMILES string of the molecule is C=CCC(C)(F)C[C@@H]1CCN(C(=O)OC(C)(C)C)C1. The summed E-state index contributed by atoms with van der Waals surface area (Å²) in [5, 5.41) is 0. The Balaban J connectivity index is 2.45. The number of amides is 1. The van der Waals surface area contributed by atoms with Gasteiger partial charge in [0, 0.05) is 13.1 Å². The van der Waals surface area contributed by atoms with Crippen molar-refractivity contribution in [3.8, 4) is 0 Å². The Hall–Kier alpha value is -1.06. The van der Waals surface area contributed by atoms with Crippen LogP contribution in [0.1, 0.15) is 47.0 Å². The van der Waals surface area contributed by atoms with Gasteiger partial charge >= 0.3 is 6.09 Å². The maximum absolute atomic E-state index is 14.1. The van der Waals surface area contributed by atoms with Crippen molar-refractivity contribution in [2.75, 3.05) is 13.1 Å². The van der Waals surface area contributed by atoms with E-state index in [0.717, 1.165) is 6.42 Å². The number of rotatable bonds is 4. The Morgan fingerprint density at radius 3 is 2.63 bits per heavy atom. The smallest absolute Gasteiger partial charge is 0.410 e. The molecule has 0 radical (unpaired) electrons. The molecule has 1 rings (SSSR count). The van der Waals surface area contributed by atoms with E-state index in [1.165, 1.54) is 0 Å². The van der Waals surface area contributed by atoms with Gasteiger partial charge in [0.25, 0.3) is 0 Å². The van der Waals surface area contributed by atoms with Crippen molar-refractivity contribution in [1.29, 1.82) is 0 Å². The van der Waals surface area contributed by atoms with Crippen LogP contribution in [-0.4, -0.2) is 35.4 Å². The van der Waals surface area contributed by atoms with Gasteiger partial charge in [0.15, 0.2) is 0 Å². The lowest BCUT2D eigenvalue weighted by Gasteiger charge is -2.25. The number of carbonyl (C=O) groups excluding carboxylic acids is 1. The quantitative estimate of drug-likeness (QED) is 0.725. The van der Waals surface area contributed by atoms with Crippen molar-refractivity contribution in [2.24, 2.45) is 5.92 Å². The van der Waals surface area contributed by atoms with Gasteiger partial charge in [-0.1, -0.05) is 6.08 Å². The van der Waals surface area contributed by atoms with Crippen LogP contribution in [0.4, 0.5) is 9.18 Å². The molecule has 0 bridgehead atoms. The van der Waals surface area contributed by atoms with E-state index in [-0.39, 0.29) is 12.0 Å². The highest BCUT2D eigenvalue weighted by Crippen LogP contribution is 2.31. The third-order valence-electron chi connectivity index (χ3n) is 3.22. The Labute approximate surface area is 115 Å². The lowest BCUT2D eigenvalue weighted by atomic mass is 9.90. The Morgan fingerprint density at radius 2 is 2.11 bits per heavy atom. The Bertz CT molecular complexity index is 334. The molecule has 19 heavy (non-hydrogen) atoms. The first-order valence-electron chi connectivity index (χ1n) is 6.91. The number of allylic oxidation sites excluding steroid dienone is 1. The number of nitrogens with zero attached hydrogens (tertiary/aromatic N) is 1. The fourth-order valence-electron chi connectivity index (χ4n) is 2.48. The van der Waals surface area contributed by atoms with Crippen LogP contribution in [0.2, 0.25) is 0 Å². The van der Waals surface area contributed by atoms with E-state index in [2.05, 4.69) is 6.58 Å². The summed E-state index contributed by atoms with van der Waals surface area (Å²) in [4.78, 5) is 13.6. The first-order valence-corrected chi connectivity index (χ1v) is 6.91. The molecule has 110 valence electrons. The van der Waals surface area contributed by atoms with Crippen molar-refractivity contribution in [2.45, 2.75) is 58.2 Å². The molecule has 1 aliphatic rings. The first kappa shape index (κ1) is 16.0. The molecule has 1 heterocycles. The normalized spacial score (nSPS) is 23.0. The summed E-state index contributed by atoms with van der Waals surface area (Å²) in [5.74, 6) is 0.211. The van der Waals surface area contributed by atoms with Crippen molar-refractivity contribution < 1.29 is 13.9 Å². The number of hydrogen-bond acceptors (Lipinski definition) is 2. The largest absolute Gasteiger partial charge is 0.444 e. The summed E-state index contributed by atoms with van der Waals surface area (Å²) in [6, 6.07) is 0. The average Bonchev–Trinajstić information content (AvgIpc) is 2.62. The summed E-state index contributed by atoms with van der Waals surface area (Å²) in [6.07, 6.45) is 2.99. The highest BCUT2D eigenvalue weighted by molar-refractivity contribution is 5.68. The molecule has 0 aromatic heterocycles. The summed E-state index contributed by atoms with van der Waals surface area (Å²) in [5.41, 5.74) is -1.71. The van der Waals surface area contributed by atoms with E-state index in [4.69, 9.17) is 4.74 Å². The summed E-state index contributed by atoms with van der Waals surface area (Å²) in [7, 11) is 0. The van der Waals surface area contributed by atoms with E-state index in [9.17, 15) is 9.18 Å². The predicted octanol–water partition coefficient (Wildman–Crippen LogP) is 3.94. The molecule has 1 amide bonds. The molecule has 3 nitrogen and oxygen atoms in total. The lowest BCUT2D eigenvalue weighted by molar-refractivity contribution is 0.0281. The van der Waals surface area contributed by atoms with Crippen LogP contribution in [0.5, 0.6) is 0 Å². The van der Waals surface area contributed by atoms with Crippen LogP contribution in [0, 0.1) is 5.92 Å². The minimum atomic E-state index is -1.23. The maximum atomic E-state index is 14.1. The van der Waals surface area contributed by atoms with E-state index in [1.807, 2.05) is 20.8 Å². The molecular weight excluding hydrogens is 245 g/mol. The van der Waals surface area contributed by atoms with Gasteiger partial charge in [0.2, 0.25) is 0 Å². The van der Waals surface area contributed by atoms with Gasteiger partial charge in [-0.3, -0.25) is 0 Å². The summed E-state index contributed by atoms with van der Waals surface area (Å²) >= 11 is 0. The molecule has 1 unspecified atom stereocenters. The van der Waals surface area contributed by atoms with Crippen LogP contribution in [0.25, 0.3) is 0 Å². The fourth-order valence-corrected chi connectivity index (χ4v) is 2.48. The van der Waals surface area contributed by atoms with E-state index in [0.29, 0.717) is 25.9 Å². The lowest BCUT2D eigenvalue weighted by Crippen LogP contribution is -2.35. The number of carbonyl (C=O) groups is 1. The second-order valence-corrected chi connectivity index (χ2v) is 6.69. The van der Waals surface area contributed by atoms with Crippen molar-refractivity contribution in [1.82, 2.24) is 4.90 Å². The fraction of sp³-hybridized carbons (Fsp3) is 0.800. The average molecular weight is 271 g/mol. The van der Waals surface area contributed by atoms with Crippen molar-refractivity contribution in [3.63, 3.8) is 0 Å². The minimum Gasteiger partial charge on any atom is -0.444 e. The molecule has 0 saturated carbocycles. The van der Waals surface area contributed by atoms with Gasteiger partial charge in [-0.2, -0.15) is 0 Å². The van der Waals surface area contributed by atoms with E-state index in [1.54, 1.807) is 17.9 Å². The standard InChI is InChI=1S/C15H26FNO2/c1-6-8-15(5,16)10-12-7-9-17(11-12)13(18)19-14(2,3)4/h6,12H,1,7-11H2,2-5H3/t12-,15?/m0/s1. The Morgan fingerprint density at radius 1 is 1.47 bits per heavy atom. The van der Waals surface area contributed by atoms with Gasteiger partial charge < -0.3 is 9.64 Å². The highest BCUT2D eigenvalue weighted by atomic mass is 19.1.